The van der Waals surface area contributed by atoms with Crippen LogP contribution in [0.5, 0.6) is 5.75 Å². The maximum absolute atomic E-state index is 14.9. The molecule has 0 aromatic heterocycles. The largest absolute Gasteiger partial charge is 0.490 e. The van der Waals surface area contributed by atoms with Gasteiger partial charge in [-0.2, -0.15) is 4.39 Å². The van der Waals surface area contributed by atoms with E-state index >= 15 is 0 Å². The lowest BCUT2D eigenvalue weighted by Gasteiger charge is -2.29. The fourth-order valence-electron chi connectivity index (χ4n) is 5.23. The number of halogens is 4. The molecule has 0 atom stereocenters. The van der Waals surface area contributed by atoms with Crippen LogP contribution in [0, 0.1) is 30.2 Å². The van der Waals surface area contributed by atoms with Gasteiger partial charge in [-0.3, -0.25) is 0 Å². The molecule has 3 aromatic carbocycles. The van der Waals surface area contributed by atoms with Crippen LogP contribution in [0.25, 0.3) is 11.1 Å². The maximum Gasteiger partial charge on any atom is 0.341 e. The Morgan fingerprint density at radius 2 is 1.48 bits per heavy atom. The number of hydrogen-bond acceptors (Lipinski definition) is 3. The minimum Gasteiger partial charge on any atom is -0.490 e. The number of hydrogen-bond donors (Lipinski definition) is 0. The number of carbonyl (C=O) groups is 1. The van der Waals surface area contributed by atoms with E-state index in [2.05, 4.69) is 6.92 Å². The molecule has 0 N–H and O–H groups in total. The predicted octanol–water partition coefficient (Wildman–Crippen LogP) is 9.45. The van der Waals surface area contributed by atoms with Gasteiger partial charge in [0.05, 0.1) is 12.2 Å². The Bertz CT molecular complexity index is 1300. The Morgan fingerprint density at radius 1 is 0.775 bits per heavy atom. The van der Waals surface area contributed by atoms with Crippen molar-refractivity contribution in [3.05, 3.63) is 88.5 Å². The summed E-state index contributed by atoms with van der Waals surface area (Å²) in [5.41, 5.74) is 1.36. The molecule has 0 aliphatic heterocycles. The van der Waals surface area contributed by atoms with Crippen molar-refractivity contribution in [3.8, 4) is 16.9 Å². The molecule has 0 bridgehead atoms. The van der Waals surface area contributed by atoms with Crippen LogP contribution in [0.3, 0.4) is 0 Å². The number of benzene rings is 3. The molecule has 1 saturated carbocycles. The normalized spacial score (nSPS) is 17.1. The average molecular weight is 557 g/mol. The highest BCUT2D eigenvalue weighted by molar-refractivity contribution is 5.90. The van der Waals surface area contributed by atoms with Crippen LogP contribution in [-0.4, -0.2) is 18.7 Å². The highest BCUT2D eigenvalue weighted by Crippen LogP contribution is 2.38. The molecule has 0 radical (unpaired) electrons. The molecule has 7 heteroatoms. The summed E-state index contributed by atoms with van der Waals surface area (Å²) < 4.78 is 70.1. The summed E-state index contributed by atoms with van der Waals surface area (Å²) in [7, 11) is 0. The van der Waals surface area contributed by atoms with Crippen LogP contribution in [0.1, 0.15) is 92.1 Å². The Kier molecular flexibility index (Phi) is 10.2. The van der Waals surface area contributed by atoms with Crippen molar-refractivity contribution < 1.29 is 31.8 Å². The summed E-state index contributed by atoms with van der Waals surface area (Å²) in [4.78, 5) is 12.7. The monoisotopic (exact) mass is 556 g/mol. The van der Waals surface area contributed by atoms with Gasteiger partial charge in [0, 0.05) is 5.56 Å². The van der Waals surface area contributed by atoms with E-state index in [1.54, 1.807) is 30.3 Å². The van der Waals surface area contributed by atoms with Gasteiger partial charge in [0.2, 0.25) is 5.82 Å². The van der Waals surface area contributed by atoms with E-state index in [4.69, 9.17) is 9.47 Å². The summed E-state index contributed by atoms with van der Waals surface area (Å²) in [6, 6.07) is 12.6. The second-order valence-electron chi connectivity index (χ2n) is 10.6. The molecular weight excluding hydrogens is 520 g/mol. The van der Waals surface area contributed by atoms with Gasteiger partial charge in [-0.05, 0) is 68.2 Å². The molecule has 40 heavy (non-hydrogen) atoms. The molecule has 1 fully saturated rings. The zero-order valence-corrected chi connectivity index (χ0v) is 23.1. The van der Waals surface area contributed by atoms with E-state index < -0.39 is 40.9 Å². The first-order valence-electron chi connectivity index (χ1n) is 14.2. The number of aryl methyl sites for hydroxylation is 1. The molecule has 0 amide bonds. The van der Waals surface area contributed by atoms with Crippen molar-refractivity contribution in [2.75, 3.05) is 6.61 Å². The summed E-state index contributed by atoms with van der Waals surface area (Å²) in [5.74, 6) is -5.51. The van der Waals surface area contributed by atoms with Crippen molar-refractivity contribution in [1.29, 1.82) is 0 Å². The minimum atomic E-state index is -1.25. The molecule has 3 aromatic rings. The quantitative estimate of drug-likeness (QED) is 0.134. The topological polar surface area (TPSA) is 35.5 Å². The minimum absolute atomic E-state index is 0.0622. The Labute approximate surface area is 233 Å². The average Bonchev–Trinajstić information content (AvgIpc) is 2.95. The van der Waals surface area contributed by atoms with E-state index in [0.717, 1.165) is 37.7 Å². The third-order valence-electron chi connectivity index (χ3n) is 7.63. The van der Waals surface area contributed by atoms with Crippen LogP contribution < -0.4 is 4.74 Å². The first-order valence-corrected chi connectivity index (χ1v) is 14.2. The summed E-state index contributed by atoms with van der Waals surface area (Å²) in [5, 5.41) is 0. The van der Waals surface area contributed by atoms with Crippen LogP contribution >= 0.6 is 0 Å². The third-order valence-corrected chi connectivity index (χ3v) is 7.63. The van der Waals surface area contributed by atoms with Crippen molar-refractivity contribution in [2.45, 2.75) is 83.7 Å². The van der Waals surface area contributed by atoms with Crippen LogP contribution in [0.4, 0.5) is 17.6 Å². The van der Waals surface area contributed by atoms with Gasteiger partial charge in [0.25, 0.3) is 0 Å². The Morgan fingerprint density at radius 3 is 2.17 bits per heavy atom. The van der Waals surface area contributed by atoms with Gasteiger partial charge >= 0.3 is 5.97 Å². The van der Waals surface area contributed by atoms with Crippen molar-refractivity contribution >= 4 is 5.97 Å². The lowest BCUT2D eigenvalue weighted by atomic mass is 9.82. The van der Waals surface area contributed by atoms with Crippen molar-refractivity contribution in [1.82, 2.24) is 0 Å². The van der Waals surface area contributed by atoms with Crippen molar-refractivity contribution in [2.24, 2.45) is 0 Å². The van der Waals surface area contributed by atoms with Gasteiger partial charge in [-0.1, -0.05) is 74.6 Å². The molecule has 3 nitrogen and oxygen atoms in total. The fraction of sp³-hybridized carbons (Fsp3) is 0.424. The van der Waals surface area contributed by atoms with Gasteiger partial charge in [0.1, 0.15) is 6.10 Å². The van der Waals surface area contributed by atoms with Crippen LogP contribution in [0.2, 0.25) is 0 Å². The standard InChI is InChI=1S/C33H36F4O3/c1-3-4-5-6-7-20-39-28-19-18-26(30(35)32(28)37)23-12-14-24(15-13-23)40-33(38)27-17-16-25(29(34)31(27)36)22-10-8-21(2)9-11-22/h8-11,16-19,23-24H,3-7,12-15,20H2,1-2H3. The third kappa shape index (κ3) is 7.04. The zero-order chi connectivity index (χ0) is 28.6. The first-order chi connectivity index (χ1) is 19.3. The zero-order valence-electron chi connectivity index (χ0n) is 23.1. The Balaban J connectivity index is 1.32. The van der Waals surface area contributed by atoms with Gasteiger partial charge in [-0.15, -0.1) is 0 Å². The molecule has 0 unspecified atom stereocenters. The van der Waals surface area contributed by atoms with Gasteiger partial charge in [-0.25, -0.2) is 18.0 Å². The maximum atomic E-state index is 14.9. The Hall–Kier alpha value is -3.35. The molecule has 0 saturated heterocycles. The number of carbonyl (C=O) groups excluding carboxylic acids is 1. The molecule has 0 spiro atoms. The summed E-state index contributed by atoms with van der Waals surface area (Å²) in [6.07, 6.45) is 6.38. The highest BCUT2D eigenvalue weighted by Gasteiger charge is 2.30. The highest BCUT2D eigenvalue weighted by atomic mass is 19.2. The van der Waals surface area contributed by atoms with Crippen LogP contribution in [0.15, 0.2) is 48.5 Å². The van der Waals surface area contributed by atoms with Crippen LogP contribution in [-0.2, 0) is 4.74 Å². The van der Waals surface area contributed by atoms with E-state index in [1.165, 1.54) is 18.2 Å². The van der Waals surface area contributed by atoms with Crippen molar-refractivity contribution in [3.63, 3.8) is 0 Å². The van der Waals surface area contributed by atoms with E-state index in [9.17, 15) is 22.4 Å². The molecule has 4 rings (SSSR count). The number of rotatable bonds is 11. The summed E-state index contributed by atoms with van der Waals surface area (Å²) in [6.45, 7) is 4.37. The smallest absolute Gasteiger partial charge is 0.341 e. The molecule has 1 aliphatic carbocycles. The second-order valence-corrected chi connectivity index (χ2v) is 10.6. The van der Waals surface area contributed by atoms with E-state index in [0.29, 0.717) is 37.9 Å². The van der Waals surface area contributed by atoms with Gasteiger partial charge in [0.15, 0.2) is 23.2 Å². The van der Waals surface area contributed by atoms with Gasteiger partial charge < -0.3 is 9.47 Å². The number of esters is 1. The SMILES string of the molecule is CCCCCCCOc1ccc(C2CCC(OC(=O)c3ccc(-c4ccc(C)cc4)c(F)c3F)CC2)c(F)c1F. The predicted molar refractivity (Wildman–Crippen MR) is 148 cm³/mol. The fourth-order valence-corrected chi connectivity index (χ4v) is 5.23. The molecule has 1 aliphatic rings. The lowest BCUT2D eigenvalue weighted by molar-refractivity contribution is 0.0188. The lowest BCUT2D eigenvalue weighted by Crippen LogP contribution is -2.25. The first kappa shape index (κ1) is 29.6. The van der Waals surface area contributed by atoms with E-state index in [1.807, 2.05) is 6.92 Å². The second kappa shape index (κ2) is 13.8. The van der Waals surface area contributed by atoms with E-state index in [-0.39, 0.29) is 22.8 Å². The number of ether oxygens (including phenoxy) is 2. The molecule has 214 valence electrons. The summed E-state index contributed by atoms with van der Waals surface area (Å²) >= 11 is 0. The number of unbranched alkanes of at least 4 members (excludes halogenated alkanes) is 4. The molecule has 0 heterocycles. The molecular formula is C33H36F4O3.